The molecule has 0 rings (SSSR count). The van der Waals surface area contributed by atoms with Crippen molar-refractivity contribution >= 4 is 0 Å². The Bertz CT molecular complexity index is 74.0. The van der Waals surface area contributed by atoms with E-state index >= 15 is 0 Å². The van der Waals surface area contributed by atoms with Gasteiger partial charge < -0.3 is 0 Å². The molecule has 0 aliphatic carbocycles. The van der Waals surface area contributed by atoms with Crippen LogP contribution in [-0.2, 0) is 0 Å². The van der Waals surface area contributed by atoms with Gasteiger partial charge in [-0.1, -0.05) is 84.5 Å². The monoisotopic (exact) mass is 195 g/mol. The Morgan fingerprint density at radius 2 is 1.00 bits per heavy atom. The summed E-state index contributed by atoms with van der Waals surface area (Å²) in [6, 6.07) is 0. The zero-order chi connectivity index (χ0) is 10.5. The molecule has 0 spiro atoms. The van der Waals surface area contributed by atoms with Gasteiger partial charge >= 0.3 is 0 Å². The zero-order valence-electron chi connectivity index (χ0n) is 9.77. The van der Waals surface area contributed by atoms with Crippen LogP contribution in [0.4, 0.5) is 0 Å². The fourth-order valence-corrected chi connectivity index (χ4v) is 1.61. The lowest BCUT2D eigenvalue weighted by molar-refractivity contribution is 0.616. The third-order valence-corrected chi connectivity index (χ3v) is 2.57. The molecule has 0 aromatic heterocycles. The Morgan fingerprint density at radius 1 is 0.571 bits per heavy atom. The van der Waals surface area contributed by atoms with Crippen LogP contribution < -0.4 is 0 Å². The van der Waals surface area contributed by atoms with Gasteiger partial charge in [-0.3, -0.25) is 0 Å². The number of hydrogen-bond acceptors (Lipinski definition) is 0. The summed E-state index contributed by atoms with van der Waals surface area (Å²) in [6.07, 6.45) is 16.8. The maximum Gasteiger partial charge on any atom is -0.0386 e. The lowest BCUT2D eigenvalue weighted by Crippen LogP contribution is -1.82. The lowest BCUT2D eigenvalue weighted by Gasteiger charge is -2.01. The van der Waals surface area contributed by atoms with E-state index in [1.165, 1.54) is 57.8 Å². The Kier molecular flexibility index (Phi) is 13.0. The summed E-state index contributed by atoms with van der Waals surface area (Å²) in [4.78, 5) is 0. The zero-order valence-corrected chi connectivity index (χ0v) is 9.77. The van der Waals surface area contributed by atoms with Crippen LogP contribution in [0.2, 0.25) is 0 Å². The summed E-state index contributed by atoms with van der Waals surface area (Å²) in [6.45, 7) is 7.69. The molecule has 0 aliphatic rings. The van der Waals surface area contributed by atoms with E-state index in [4.69, 9.17) is 0 Å². The van der Waals surface area contributed by atoms with Crippen LogP contribution in [0.3, 0.4) is 0 Å². The Labute approximate surface area is 91.5 Å². The van der Waals surface area contributed by atoms with Crippen LogP contribution in [0.25, 0.3) is 0 Å². The molecule has 0 saturated heterocycles. The second kappa shape index (κ2) is 13.0. The third-order valence-electron chi connectivity index (χ3n) is 2.57. The molecule has 14 heavy (non-hydrogen) atoms. The predicted molar refractivity (Wildman–Crippen MR) is 65.8 cm³/mol. The van der Waals surface area contributed by atoms with Crippen molar-refractivity contribution in [2.45, 2.75) is 70.6 Å². The molecule has 0 atom stereocenters. The van der Waals surface area contributed by atoms with Gasteiger partial charge in [0.15, 0.2) is 0 Å². The average Bonchev–Trinajstić information content (AvgIpc) is 2.21. The van der Waals surface area contributed by atoms with Crippen molar-refractivity contribution in [3.63, 3.8) is 0 Å². The van der Waals surface area contributed by atoms with Crippen molar-refractivity contribution < 1.29 is 0 Å². The summed E-state index contributed by atoms with van der Waals surface area (Å²) in [5.41, 5.74) is 0. The first-order valence-electron chi connectivity index (χ1n) is 6.32. The highest BCUT2D eigenvalue weighted by molar-refractivity contribution is 4.64. The van der Waals surface area contributed by atoms with Crippen LogP contribution in [0, 0.1) is 20.3 Å². The quantitative estimate of drug-likeness (QED) is 0.400. The summed E-state index contributed by atoms with van der Waals surface area (Å²) in [5.74, 6) is 0. The molecule has 0 heteroatoms. The van der Waals surface area contributed by atoms with Gasteiger partial charge in [0.25, 0.3) is 0 Å². The first kappa shape index (κ1) is 14.0. The molecule has 0 saturated carbocycles. The van der Waals surface area contributed by atoms with Crippen LogP contribution >= 0.6 is 0 Å². The van der Waals surface area contributed by atoms with E-state index in [9.17, 15) is 0 Å². The SMILES string of the molecule is [CH2]CCCCC[CH]CCCCCC[CH2]. The third kappa shape index (κ3) is 12.0. The minimum atomic E-state index is 1.10. The molecule has 0 unspecified atom stereocenters. The van der Waals surface area contributed by atoms with E-state index in [2.05, 4.69) is 20.3 Å². The summed E-state index contributed by atoms with van der Waals surface area (Å²) >= 11 is 0. The van der Waals surface area contributed by atoms with Crippen molar-refractivity contribution in [2.75, 3.05) is 0 Å². The summed E-state index contributed by atoms with van der Waals surface area (Å²) in [7, 11) is 0. The number of hydrogen-bond donors (Lipinski definition) is 0. The van der Waals surface area contributed by atoms with Crippen LogP contribution in [0.1, 0.15) is 70.6 Å². The molecule has 0 bridgehead atoms. The smallest absolute Gasteiger partial charge is 0.0386 e. The minimum absolute atomic E-state index is 1.10. The fraction of sp³-hybridized carbons (Fsp3) is 0.786. The van der Waals surface area contributed by atoms with Gasteiger partial charge in [0.05, 0.1) is 0 Å². The van der Waals surface area contributed by atoms with E-state index in [0.29, 0.717) is 0 Å². The van der Waals surface area contributed by atoms with Crippen molar-refractivity contribution in [3.05, 3.63) is 20.3 Å². The van der Waals surface area contributed by atoms with Crippen LogP contribution in [0.5, 0.6) is 0 Å². The minimum Gasteiger partial charge on any atom is -0.0533 e. The molecule has 0 nitrogen and oxygen atoms in total. The van der Waals surface area contributed by atoms with Gasteiger partial charge in [-0.05, 0) is 6.42 Å². The Balaban J connectivity index is 2.78. The van der Waals surface area contributed by atoms with E-state index in [1.807, 2.05) is 0 Å². The van der Waals surface area contributed by atoms with Gasteiger partial charge in [-0.15, -0.1) is 0 Å². The molecule has 0 fully saturated rings. The van der Waals surface area contributed by atoms with E-state index in [-0.39, 0.29) is 0 Å². The van der Waals surface area contributed by atoms with Gasteiger partial charge in [-0.25, -0.2) is 0 Å². The van der Waals surface area contributed by atoms with Gasteiger partial charge in [0.1, 0.15) is 0 Å². The largest absolute Gasteiger partial charge is 0.0533 e. The number of unbranched alkanes of at least 4 members (excludes halogenated alkanes) is 11. The molecule has 0 amide bonds. The standard InChI is InChI=1S/C14H27/c1-3-5-7-9-11-13-14-12-10-8-6-4-2/h13H,1-12,14H2. The molecule has 0 aromatic rings. The molecule has 83 valence electrons. The topological polar surface area (TPSA) is 0 Å². The predicted octanol–water partition coefficient (Wildman–Crippen LogP) is 5.15. The Morgan fingerprint density at radius 3 is 1.50 bits per heavy atom. The first-order valence-corrected chi connectivity index (χ1v) is 6.32. The highest BCUT2D eigenvalue weighted by Gasteiger charge is 1.91. The molecular weight excluding hydrogens is 168 g/mol. The van der Waals surface area contributed by atoms with E-state index in [0.717, 1.165) is 12.8 Å². The highest BCUT2D eigenvalue weighted by Crippen LogP contribution is 2.10. The maximum absolute atomic E-state index is 3.85. The van der Waals surface area contributed by atoms with Crippen molar-refractivity contribution in [2.24, 2.45) is 0 Å². The van der Waals surface area contributed by atoms with Gasteiger partial charge in [-0.2, -0.15) is 0 Å². The number of rotatable bonds is 11. The second-order valence-corrected chi connectivity index (χ2v) is 4.05. The fourth-order valence-electron chi connectivity index (χ4n) is 1.61. The first-order chi connectivity index (χ1) is 6.91. The Hall–Kier alpha value is 0. The molecule has 0 aliphatic heterocycles. The van der Waals surface area contributed by atoms with Gasteiger partial charge in [0.2, 0.25) is 0 Å². The maximum atomic E-state index is 3.85. The van der Waals surface area contributed by atoms with E-state index < -0.39 is 0 Å². The average molecular weight is 195 g/mol. The normalized spacial score (nSPS) is 10.7. The summed E-state index contributed by atoms with van der Waals surface area (Å²) < 4.78 is 0. The molecule has 0 N–H and O–H groups in total. The lowest BCUT2D eigenvalue weighted by atomic mass is 10.1. The van der Waals surface area contributed by atoms with Gasteiger partial charge in [0, 0.05) is 0 Å². The highest BCUT2D eigenvalue weighted by atomic mass is 14.0. The van der Waals surface area contributed by atoms with Crippen molar-refractivity contribution in [3.8, 4) is 0 Å². The molecule has 0 aromatic carbocycles. The van der Waals surface area contributed by atoms with Crippen molar-refractivity contribution in [1.82, 2.24) is 0 Å². The van der Waals surface area contributed by atoms with E-state index in [1.54, 1.807) is 0 Å². The molecule has 3 radical (unpaired) electrons. The van der Waals surface area contributed by atoms with Crippen molar-refractivity contribution in [1.29, 1.82) is 0 Å². The second-order valence-electron chi connectivity index (χ2n) is 4.05. The summed E-state index contributed by atoms with van der Waals surface area (Å²) in [5, 5.41) is 0. The molecule has 0 heterocycles. The van der Waals surface area contributed by atoms with Crippen LogP contribution in [-0.4, -0.2) is 0 Å². The molecular formula is C14H27. The van der Waals surface area contributed by atoms with Crippen LogP contribution in [0.15, 0.2) is 0 Å².